The zero-order valence-corrected chi connectivity index (χ0v) is 16.2. The highest BCUT2D eigenvalue weighted by Gasteiger charge is 2.51. The Morgan fingerprint density at radius 2 is 2.26 bits per heavy atom. The molecule has 142 valence electrons. The first-order valence-electron chi connectivity index (χ1n) is 9.54. The van der Waals surface area contributed by atoms with Gasteiger partial charge in [-0.1, -0.05) is 11.2 Å². The van der Waals surface area contributed by atoms with Gasteiger partial charge in [-0.3, -0.25) is 9.78 Å². The minimum Gasteiger partial charge on any atom is -0.371 e. The van der Waals surface area contributed by atoms with E-state index in [-0.39, 0.29) is 16.8 Å². The normalized spacial score (nSPS) is 23.6. The molecule has 2 saturated heterocycles. The van der Waals surface area contributed by atoms with Crippen molar-refractivity contribution in [3.8, 4) is 0 Å². The van der Waals surface area contributed by atoms with Crippen molar-refractivity contribution < 1.29 is 14.1 Å². The molecule has 27 heavy (non-hydrogen) atoms. The number of nitrogens with zero attached hydrogens (tertiary/aromatic N) is 3. The molecule has 0 aromatic carbocycles. The summed E-state index contributed by atoms with van der Waals surface area (Å²) in [7, 11) is 0. The van der Waals surface area contributed by atoms with Gasteiger partial charge < -0.3 is 14.2 Å². The Labute approximate surface area is 162 Å². The molecule has 6 nitrogen and oxygen atoms in total. The maximum atomic E-state index is 12.6. The second-order valence-corrected chi connectivity index (χ2v) is 9.44. The third kappa shape index (κ3) is 3.50. The lowest BCUT2D eigenvalue weighted by molar-refractivity contribution is 0.0241. The largest absolute Gasteiger partial charge is 0.371 e. The molecule has 5 rings (SSSR count). The predicted molar refractivity (Wildman–Crippen MR) is 102 cm³/mol. The summed E-state index contributed by atoms with van der Waals surface area (Å²) in [4.78, 5) is 19.0. The van der Waals surface area contributed by atoms with Crippen LogP contribution >= 0.6 is 11.8 Å². The molecule has 4 heterocycles. The Morgan fingerprint density at radius 1 is 1.41 bits per heavy atom. The molecular weight excluding hydrogens is 362 g/mol. The van der Waals surface area contributed by atoms with Crippen LogP contribution in [0.3, 0.4) is 0 Å². The van der Waals surface area contributed by atoms with E-state index in [1.54, 1.807) is 0 Å². The fourth-order valence-corrected chi connectivity index (χ4v) is 5.47. The van der Waals surface area contributed by atoms with Crippen LogP contribution in [0, 0.1) is 6.92 Å². The number of aromatic nitrogens is 2. The van der Waals surface area contributed by atoms with Gasteiger partial charge in [-0.2, -0.15) is 0 Å². The molecule has 1 saturated carbocycles. The van der Waals surface area contributed by atoms with E-state index in [2.05, 4.69) is 10.1 Å². The second kappa shape index (κ2) is 6.63. The van der Waals surface area contributed by atoms with Crippen LogP contribution in [0.25, 0.3) is 0 Å². The smallest absolute Gasteiger partial charge is 0.276 e. The molecule has 3 aliphatic rings. The van der Waals surface area contributed by atoms with E-state index in [1.807, 2.05) is 47.9 Å². The molecular formula is C20H23N3O3S. The lowest BCUT2D eigenvalue weighted by Crippen LogP contribution is -2.60. The number of ether oxygens (including phenoxy) is 1. The van der Waals surface area contributed by atoms with Gasteiger partial charge in [-0.25, -0.2) is 0 Å². The van der Waals surface area contributed by atoms with Crippen LogP contribution in [0.2, 0.25) is 0 Å². The average Bonchev–Trinajstić information content (AvgIpc) is 3.20. The van der Waals surface area contributed by atoms with Crippen molar-refractivity contribution in [1.29, 1.82) is 0 Å². The summed E-state index contributed by atoms with van der Waals surface area (Å²) in [6.45, 7) is 4.08. The van der Waals surface area contributed by atoms with E-state index in [0.717, 1.165) is 55.3 Å². The molecule has 1 atom stereocenters. The number of pyridine rings is 1. The number of hydrogen-bond acceptors (Lipinski definition) is 6. The minimum atomic E-state index is -0.00907. The number of aryl methyl sites for hydroxylation is 1. The number of carbonyl (C=O) groups excluding carboxylic acids is 1. The summed E-state index contributed by atoms with van der Waals surface area (Å²) in [6.07, 6.45) is 3.50. The van der Waals surface area contributed by atoms with Crippen LogP contribution in [0.1, 0.15) is 52.8 Å². The maximum absolute atomic E-state index is 12.6. The monoisotopic (exact) mass is 385 g/mol. The van der Waals surface area contributed by atoms with Crippen molar-refractivity contribution in [3.63, 3.8) is 0 Å². The molecule has 2 aromatic rings. The molecule has 1 unspecified atom stereocenters. The molecule has 0 radical (unpaired) electrons. The molecule has 1 aliphatic carbocycles. The quantitative estimate of drug-likeness (QED) is 0.787. The summed E-state index contributed by atoms with van der Waals surface area (Å²) in [5.41, 5.74) is 2.44. The number of thioether (sulfide) groups is 1. The van der Waals surface area contributed by atoms with E-state index >= 15 is 0 Å². The third-order valence-electron chi connectivity index (χ3n) is 5.56. The van der Waals surface area contributed by atoms with Gasteiger partial charge in [0.2, 0.25) is 0 Å². The van der Waals surface area contributed by atoms with Crippen molar-refractivity contribution in [2.75, 3.05) is 18.8 Å². The van der Waals surface area contributed by atoms with Crippen molar-refractivity contribution in [2.45, 2.75) is 49.6 Å². The molecule has 2 aliphatic heterocycles. The first-order valence-corrected chi connectivity index (χ1v) is 10.5. The minimum absolute atomic E-state index is 0.00907. The van der Waals surface area contributed by atoms with Gasteiger partial charge in [0, 0.05) is 36.5 Å². The average molecular weight is 385 g/mol. The van der Waals surface area contributed by atoms with Crippen LogP contribution in [0.15, 0.2) is 28.8 Å². The summed E-state index contributed by atoms with van der Waals surface area (Å²) in [6, 6.07) is 7.84. The molecule has 0 bridgehead atoms. The van der Waals surface area contributed by atoms with Gasteiger partial charge in [-0.05, 0) is 38.3 Å². The van der Waals surface area contributed by atoms with E-state index in [0.29, 0.717) is 18.2 Å². The zero-order valence-electron chi connectivity index (χ0n) is 15.4. The summed E-state index contributed by atoms with van der Waals surface area (Å²) in [5, 5.41) is 3.98. The van der Waals surface area contributed by atoms with Crippen LogP contribution in [0.4, 0.5) is 0 Å². The number of rotatable bonds is 5. The summed E-state index contributed by atoms with van der Waals surface area (Å²) >= 11 is 1.93. The van der Waals surface area contributed by atoms with Crippen molar-refractivity contribution in [3.05, 3.63) is 47.1 Å². The van der Waals surface area contributed by atoms with Crippen LogP contribution in [0.5, 0.6) is 0 Å². The van der Waals surface area contributed by atoms with Gasteiger partial charge in [0.15, 0.2) is 5.69 Å². The lowest BCUT2D eigenvalue weighted by Gasteiger charge is -2.47. The van der Waals surface area contributed by atoms with Crippen LogP contribution in [-0.2, 0) is 11.3 Å². The molecule has 1 amide bonds. The topological polar surface area (TPSA) is 68.5 Å². The fraction of sp³-hybridized carbons (Fsp3) is 0.550. The van der Waals surface area contributed by atoms with Crippen molar-refractivity contribution >= 4 is 17.7 Å². The predicted octanol–water partition coefficient (Wildman–Crippen LogP) is 3.17. The second-order valence-electron chi connectivity index (χ2n) is 7.95. The molecule has 3 fully saturated rings. The molecule has 1 spiro atoms. The van der Waals surface area contributed by atoms with E-state index < -0.39 is 0 Å². The Hall–Kier alpha value is -1.86. The number of likely N-dealkylation sites (tertiary alicyclic amines) is 1. The Kier molecular flexibility index (Phi) is 4.24. The van der Waals surface area contributed by atoms with Crippen LogP contribution < -0.4 is 0 Å². The van der Waals surface area contributed by atoms with Gasteiger partial charge >= 0.3 is 0 Å². The summed E-state index contributed by atoms with van der Waals surface area (Å²) in [5.74, 6) is 2.31. The van der Waals surface area contributed by atoms with Crippen molar-refractivity contribution in [2.24, 2.45) is 0 Å². The Morgan fingerprint density at radius 3 is 3.04 bits per heavy atom. The van der Waals surface area contributed by atoms with E-state index in [1.165, 1.54) is 0 Å². The zero-order chi connectivity index (χ0) is 18.4. The number of amides is 1. The molecule has 0 N–H and O–H groups in total. The standard InChI is InChI=1S/C20H23N3O3S/c1-13-3-2-4-15(21-13)9-25-16-8-20(27-10-16)11-23(12-20)19(24)17-7-18(26-22-17)14-5-6-14/h2-4,7,14,16H,5-6,8-12H2,1H3. The van der Waals surface area contributed by atoms with Crippen LogP contribution in [-0.4, -0.2) is 50.6 Å². The highest BCUT2D eigenvalue weighted by molar-refractivity contribution is 8.01. The van der Waals surface area contributed by atoms with Gasteiger partial charge in [0.1, 0.15) is 5.76 Å². The van der Waals surface area contributed by atoms with E-state index in [9.17, 15) is 4.79 Å². The Balaban J connectivity index is 1.12. The van der Waals surface area contributed by atoms with Gasteiger partial charge in [0.05, 0.1) is 23.2 Å². The highest BCUT2D eigenvalue weighted by Crippen LogP contribution is 2.46. The lowest BCUT2D eigenvalue weighted by atomic mass is 9.92. The Bertz CT molecular complexity index is 858. The first kappa shape index (κ1) is 17.3. The highest BCUT2D eigenvalue weighted by atomic mass is 32.2. The number of carbonyl (C=O) groups is 1. The third-order valence-corrected chi connectivity index (χ3v) is 7.14. The van der Waals surface area contributed by atoms with Crippen molar-refractivity contribution in [1.82, 2.24) is 15.0 Å². The molecule has 7 heteroatoms. The molecule has 2 aromatic heterocycles. The fourth-order valence-electron chi connectivity index (χ4n) is 3.92. The van der Waals surface area contributed by atoms with Gasteiger partial charge in [0.25, 0.3) is 5.91 Å². The SMILES string of the molecule is Cc1cccc(COC2CSC3(C2)CN(C(=O)c2cc(C4CC4)on2)C3)n1. The number of hydrogen-bond donors (Lipinski definition) is 0. The van der Waals surface area contributed by atoms with E-state index in [4.69, 9.17) is 9.26 Å². The first-order chi connectivity index (χ1) is 13.1. The summed E-state index contributed by atoms with van der Waals surface area (Å²) < 4.78 is 11.5. The maximum Gasteiger partial charge on any atom is 0.276 e. The van der Waals surface area contributed by atoms with Gasteiger partial charge in [-0.15, -0.1) is 11.8 Å².